The molecule has 0 saturated carbocycles. The van der Waals surface area contributed by atoms with E-state index in [-0.39, 0.29) is 5.91 Å². The maximum absolute atomic E-state index is 12.8. The lowest BCUT2D eigenvalue weighted by Crippen LogP contribution is -2.51. The molecular weight excluding hydrogens is 244 g/mol. The van der Waals surface area contributed by atoms with Crippen molar-refractivity contribution in [3.8, 4) is 0 Å². The van der Waals surface area contributed by atoms with Crippen LogP contribution in [0.2, 0.25) is 0 Å². The Balaban J connectivity index is 2.00. The van der Waals surface area contributed by atoms with Gasteiger partial charge < -0.3 is 20.1 Å². The van der Waals surface area contributed by atoms with E-state index >= 15 is 0 Å². The number of amides is 1. The summed E-state index contributed by atoms with van der Waals surface area (Å²) < 4.78 is 10.8. The van der Waals surface area contributed by atoms with E-state index in [4.69, 9.17) is 15.2 Å². The normalized spacial score (nSPS) is 26.3. The predicted molar refractivity (Wildman–Crippen MR) is 72.7 cm³/mol. The van der Waals surface area contributed by atoms with Gasteiger partial charge in [0.05, 0.1) is 12.0 Å². The summed E-state index contributed by atoms with van der Waals surface area (Å²) in [5.74, 6) is 0.700. The van der Waals surface area contributed by atoms with Gasteiger partial charge in [-0.05, 0) is 26.2 Å². The molecular formula is C14H26N2O3. The van der Waals surface area contributed by atoms with E-state index < -0.39 is 5.41 Å². The number of hydrogen-bond donors (Lipinski definition) is 1. The van der Waals surface area contributed by atoms with Gasteiger partial charge in [-0.3, -0.25) is 4.79 Å². The molecule has 1 unspecified atom stereocenters. The fraction of sp³-hybridized carbons (Fsp3) is 0.929. The first-order chi connectivity index (χ1) is 9.22. The largest absolute Gasteiger partial charge is 0.381 e. The molecule has 2 aliphatic rings. The molecule has 1 amide bonds. The molecule has 1 atom stereocenters. The Bertz CT molecular complexity index is 297. The number of ether oxygens (including phenoxy) is 2. The molecule has 0 aromatic heterocycles. The minimum atomic E-state index is -0.395. The lowest BCUT2D eigenvalue weighted by molar-refractivity contribution is -0.147. The minimum Gasteiger partial charge on any atom is -0.381 e. The molecule has 2 fully saturated rings. The van der Waals surface area contributed by atoms with Crippen molar-refractivity contribution in [3.63, 3.8) is 0 Å². The average Bonchev–Trinajstić information content (AvgIpc) is 2.97. The fourth-order valence-electron chi connectivity index (χ4n) is 3.00. The van der Waals surface area contributed by atoms with E-state index in [9.17, 15) is 4.79 Å². The second-order valence-electron chi connectivity index (χ2n) is 5.67. The smallest absolute Gasteiger partial charge is 0.230 e. The number of nitrogens with two attached hydrogens (primary N) is 1. The highest BCUT2D eigenvalue weighted by Crippen LogP contribution is 2.32. The Morgan fingerprint density at radius 3 is 2.58 bits per heavy atom. The van der Waals surface area contributed by atoms with Crippen LogP contribution in [0.15, 0.2) is 0 Å². The maximum atomic E-state index is 12.8. The van der Waals surface area contributed by atoms with Crippen LogP contribution < -0.4 is 5.73 Å². The zero-order valence-corrected chi connectivity index (χ0v) is 11.9. The van der Waals surface area contributed by atoms with Gasteiger partial charge in [0.1, 0.15) is 0 Å². The van der Waals surface area contributed by atoms with Crippen molar-refractivity contribution < 1.29 is 14.3 Å². The van der Waals surface area contributed by atoms with Gasteiger partial charge >= 0.3 is 0 Å². The van der Waals surface area contributed by atoms with Crippen molar-refractivity contribution in [1.29, 1.82) is 0 Å². The van der Waals surface area contributed by atoms with Crippen LogP contribution in [0.3, 0.4) is 0 Å². The first-order valence-corrected chi connectivity index (χ1v) is 7.37. The number of nitrogens with zero attached hydrogens (tertiary/aromatic N) is 1. The topological polar surface area (TPSA) is 64.8 Å². The van der Waals surface area contributed by atoms with E-state index in [0.29, 0.717) is 25.7 Å². The summed E-state index contributed by atoms with van der Waals surface area (Å²) in [5.41, 5.74) is 5.52. The van der Waals surface area contributed by atoms with E-state index in [2.05, 4.69) is 0 Å². The number of hydrogen-bond acceptors (Lipinski definition) is 4. The first kappa shape index (κ1) is 14.8. The third kappa shape index (κ3) is 3.27. The third-order valence-electron chi connectivity index (χ3n) is 4.47. The number of rotatable bonds is 5. The van der Waals surface area contributed by atoms with Gasteiger partial charge in [0.2, 0.25) is 5.91 Å². The van der Waals surface area contributed by atoms with Crippen molar-refractivity contribution in [2.75, 3.05) is 46.1 Å². The van der Waals surface area contributed by atoms with Gasteiger partial charge in [0.15, 0.2) is 0 Å². The van der Waals surface area contributed by atoms with Gasteiger partial charge in [-0.1, -0.05) is 0 Å². The van der Waals surface area contributed by atoms with Crippen molar-refractivity contribution in [1.82, 2.24) is 4.90 Å². The van der Waals surface area contributed by atoms with Crippen LogP contribution in [0, 0.1) is 11.3 Å². The van der Waals surface area contributed by atoms with Crippen LogP contribution in [-0.2, 0) is 14.3 Å². The Morgan fingerprint density at radius 2 is 2.05 bits per heavy atom. The van der Waals surface area contributed by atoms with E-state index in [1.165, 1.54) is 0 Å². The zero-order valence-electron chi connectivity index (χ0n) is 11.9. The molecule has 2 saturated heterocycles. The lowest BCUT2D eigenvalue weighted by atomic mass is 9.78. The third-order valence-corrected chi connectivity index (χ3v) is 4.47. The fourth-order valence-corrected chi connectivity index (χ4v) is 3.00. The van der Waals surface area contributed by atoms with E-state index in [1.54, 1.807) is 0 Å². The monoisotopic (exact) mass is 270 g/mol. The van der Waals surface area contributed by atoms with E-state index in [0.717, 1.165) is 45.6 Å². The molecule has 5 heteroatoms. The highest BCUT2D eigenvalue weighted by atomic mass is 16.5. The van der Waals surface area contributed by atoms with Crippen LogP contribution >= 0.6 is 0 Å². The van der Waals surface area contributed by atoms with Gasteiger partial charge in [0, 0.05) is 45.4 Å². The maximum Gasteiger partial charge on any atom is 0.230 e. The van der Waals surface area contributed by atoms with Crippen molar-refractivity contribution in [2.45, 2.75) is 26.2 Å². The van der Waals surface area contributed by atoms with Crippen molar-refractivity contribution in [2.24, 2.45) is 17.1 Å². The Kier molecular flexibility index (Phi) is 5.19. The predicted octanol–water partition coefficient (Wildman–Crippen LogP) is 0.627. The molecule has 19 heavy (non-hydrogen) atoms. The molecule has 2 rings (SSSR count). The van der Waals surface area contributed by atoms with E-state index in [1.807, 2.05) is 11.8 Å². The summed E-state index contributed by atoms with van der Waals surface area (Å²) in [5, 5.41) is 0. The van der Waals surface area contributed by atoms with Gasteiger partial charge in [-0.25, -0.2) is 0 Å². The second-order valence-corrected chi connectivity index (χ2v) is 5.67. The number of carbonyl (C=O) groups excluding carboxylic acids is 1. The number of carbonyl (C=O) groups is 1. The summed E-state index contributed by atoms with van der Waals surface area (Å²) in [6.07, 6.45) is 2.56. The van der Waals surface area contributed by atoms with Crippen LogP contribution in [0.4, 0.5) is 0 Å². The standard InChI is InChI=1S/C14H26N2O3/c1-2-16(9-12-3-6-19-10-12)13(17)14(11-15)4-7-18-8-5-14/h12H,2-11,15H2,1H3. The van der Waals surface area contributed by atoms with Crippen LogP contribution in [0.25, 0.3) is 0 Å². The quantitative estimate of drug-likeness (QED) is 0.795. The van der Waals surface area contributed by atoms with Gasteiger partial charge in [0.25, 0.3) is 0 Å². The molecule has 2 aliphatic heterocycles. The van der Waals surface area contributed by atoms with Crippen LogP contribution in [0.5, 0.6) is 0 Å². The summed E-state index contributed by atoms with van der Waals surface area (Å²) in [6.45, 7) is 6.91. The molecule has 0 radical (unpaired) electrons. The summed E-state index contributed by atoms with van der Waals surface area (Å²) in [6, 6.07) is 0. The van der Waals surface area contributed by atoms with Crippen LogP contribution in [-0.4, -0.2) is 56.9 Å². The second kappa shape index (κ2) is 6.68. The summed E-state index contributed by atoms with van der Waals surface area (Å²) in [7, 11) is 0. The Hall–Kier alpha value is -0.650. The summed E-state index contributed by atoms with van der Waals surface area (Å²) in [4.78, 5) is 14.8. The molecule has 2 heterocycles. The minimum absolute atomic E-state index is 0.215. The van der Waals surface area contributed by atoms with Gasteiger partial charge in [-0.15, -0.1) is 0 Å². The molecule has 110 valence electrons. The van der Waals surface area contributed by atoms with Gasteiger partial charge in [-0.2, -0.15) is 0 Å². The molecule has 0 spiro atoms. The molecule has 0 aliphatic carbocycles. The average molecular weight is 270 g/mol. The van der Waals surface area contributed by atoms with Crippen molar-refractivity contribution in [3.05, 3.63) is 0 Å². The molecule has 0 aromatic carbocycles. The molecule has 2 N–H and O–H groups in total. The highest BCUT2D eigenvalue weighted by molar-refractivity contribution is 5.83. The molecule has 0 aromatic rings. The van der Waals surface area contributed by atoms with Crippen molar-refractivity contribution >= 4 is 5.91 Å². The Morgan fingerprint density at radius 1 is 1.32 bits per heavy atom. The first-order valence-electron chi connectivity index (χ1n) is 7.37. The Labute approximate surface area is 115 Å². The lowest BCUT2D eigenvalue weighted by Gasteiger charge is -2.39. The van der Waals surface area contributed by atoms with Crippen LogP contribution in [0.1, 0.15) is 26.2 Å². The molecule has 0 bridgehead atoms. The molecule has 5 nitrogen and oxygen atoms in total. The zero-order chi connectivity index (χ0) is 13.7. The SMILES string of the molecule is CCN(CC1CCOC1)C(=O)C1(CN)CCOCC1. The summed E-state index contributed by atoms with van der Waals surface area (Å²) >= 11 is 0. The highest BCUT2D eigenvalue weighted by Gasteiger charge is 2.41.